The van der Waals surface area contributed by atoms with E-state index in [9.17, 15) is 9.59 Å². The molecule has 2 N–H and O–H groups in total. The van der Waals surface area contributed by atoms with E-state index in [2.05, 4.69) is 10.6 Å². The van der Waals surface area contributed by atoms with E-state index in [0.717, 1.165) is 30.8 Å². The van der Waals surface area contributed by atoms with Gasteiger partial charge in [0.1, 0.15) is 6.61 Å². The van der Waals surface area contributed by atoms with Crippen molar-refractivity contribution in [2.75, 3.05) is 31.5 Å². The number of carbonyl (C=O) groups is 2. The Labute approximate surface area is 165 Å². The normalized spacial score (nSPS) is 16.5. The lowest BCUT2D eigenvalue weighted by atomic mass is 10.1. The van der Waals surface area contributed by atoms with Crippen LogP contribution in [0.4, 0.5) is 10.5 Å². The van der Waals surface area contributed by atoms with E-state index in [4.69, 9.17) is 4.74 Å². The predicted molar refractivity (Wildman–Crippen MR) is 110 cm³/mol. The summed E-state index contributed by atoms with van der Waals surface area (Å²) in [5.41, 5.74) is 2.69. The van der Waals surface area contributed by atoms with Crippen LogP contribution in [0.1, 0.15) is 29.3 Å². The van der Waals surface area contributed by atoms with Gasteiger partial charge in [-0.1, -0.05) is 30.3 Å². The minimum atomic E-state index is -0.261. The van der Waals surface area contributed by atoms with Gasteiger partial charge >= 0.3 is 6.09 Å². The van der Waals surface area contributed by atoms with E-state index in [-0.39, 0.29) is 17.9 Å². The van der Waals surface area contributed by atoms with Crippen LogP contribution in [0.15, 0.2) is 54.6 Å². The number of piperazine rings is 1. The van der Waals surface area contributed by atoms with Crippen LogP contribution in [0.3, 0.4) is 0 Å². The fraction of sp³-hybridized carbons (Fsp3) is 0.364. The number of nitrogens with zero attached hydrogens (tertiary/aromatic N) is 1. The lowest BCUT2D eigenvalue weighted by Gasteiger charge is -2.33. The fourth-order valence-corrected chi connectivity index (χ4v) is 3.21. The Morgan fingerprint density at radius 1 is 1.14 bits per heavy atom. The smallest absolute Gasteiger partial charge is 0.410 e. The van der Waals surface area contributed by atoms with Gasteiger partial charge in [0.05, 0.1) is 0 Å². The van der Waals surface area contributed by atoms with Crippen molar-refractivity contribution in [1.29, 1.82) is 0 Å². The third-order valence-electron chi connectivity index (χ3n) is 4.83. The van der Waals surface area contributed by atoms with Crippen molar-refractivity contribution in [2.24, 2.45) is 0 Å². The Kier molecular flexibility index (Phi) is 7.03. The molecule has 0 spiro atoms. The number of ketones is 1. The first kappa shape index (κ1) is 19.9. The highest BCUT2D eigenvalue weighted by Crippen LogP contribution is 2.12. The summed E-state index contributed by atoms with van der Waals surface area (Å²) >= 11 is 0. The average molecular weight is 381 g/mol. The van der Waals surface area contributed by atoms with Crippen LogP contribution in [0.2, 0.25) is 0 Å². The lowest BCUT2D eigenvalue weighted by molar-refractivity contribution is 0.0845. The van der Waals surface area contributed by atoms with E-state index in [1.165, 1.54) is 0 Å². The summed E-state index contributed by atoms with van der Waals surface area (Å²) in [4.78, 5) is 25.4. The van der Waals surface area contributed by atoms with E-state index in [1.54, 1.807) is 11.8 Å². The molecule has 1 amide bonds. The second-order valence-corrected chi connectivity index (χ2v) is 6.99. The first-order valence-corrected chi connectivity index (χ1v) is 9.65. The maximum Gasteiger partial charge on any atom is 0.410 e. The van der Waals surface area contributed by atoms with Gasteiger partial charge < -0.3 is 20.3 Å². The van der Waals surface area contributed by atoms with E-state index >= 15 is 0 Å². The zero-order chi connectivity index (χ0) is 19.8. The van der Waals surface area contributed by atoms with E-state index in [1.807, 2.05) is 54.6 Å². The molecule has 0 bridgehead atoms. The molecule has 0 unspecified atom stereocenters. The summed E-state index contributed by atoms with van der Waals surface area (Å²) in [6.07, 6.45) is 0.625. The summed E-state index contributed by atoms with van der Waals surface area (Å²) in [5, 5.41) is 6.82. The van der Waals surface area contributed by atoms with Crippen LogP contribution in [-0.4, -0.2) is 49.0 Å². The van der Waals surface area contributed by atoms with Gasteiger partial charge in [-0.05, 0) is 43.2 Å². The lowest BCUT2D eigenvalue weighted by Crippen LogP contribution is -2.53. The number of amides is 1. The van der Waals surface area contributed by atoms with Crippen LogP contribution in [0, 0.1) is 0 Å². The average Bonchev–Trinajstić information content (AvgIpc) is 2.73. The van der Waals surface area contributed by atoms with Gasteiger partial charge in [0.25, 0.3) is 0 Å². The molecule has 6 heteroatoms. The van der Waals surface area contributed by atoms with Gasteiger partial charge in [-0.25, -0.2) is 4.79 Å². The number of nitrogens with one attached hydrogen (secondary N) is 2. The summed E-state index contributed by atoms with van der Waals surface area (Å²) in [5.74, 6) is 0.0668. The first-order valence-electron chi connectivity index (χ1n) is 9.65. The van der Waals surface area contributed by atoms with Crippen LogP contribution < -0.4 is 10.6 Å². The van der Waals surface area contributed by atoms with Crippen LogP contribution in [0.25, 0.3) is 0 Å². The molecule has 3 rings (SSSR count). The molecular formula is C22H27N3O3. The van der Waals surface area contributed by atoms with Crippen LogP contribution in [-0.2, 0) is 11.3 Å². The van der Waals surface area contributed by atoms with Crippen LogP contribution in [0.5, 0.6) is 0 Å². The molecule has 1 aliphatic heterocycles. The number of hydrogen-bond acceptors (Lipinski definition) is 5. The zero-order valence-electron chi connectivity index (χ0n) is 16.2. The molecule has 1 saturated heterocycles. The molecule has 0 radical (unpaired) electrons. The Hall–Kier alpha value is -2.86. The van der Waals surface area contributed by atoms with Crippen molar-refractivity contribution in [3.63, 3.8) is 0 Å². The second kappa shape index (κ2) is 9.90. The first-order chi connectivity index (χ1) is 13.6. The van der Waals surface area contributed by atoms with Crippen LogP contribution >= 0.6 is 0 Å². The van der Waals surface area contributed by atoms with Crippen molar-refractivity contribution < 1.29 is 14.3 Å². The minimum absolute atomic E-state index is 0.0668. The molecule has 2 aromatic carbocycles. The number of anilines is 1. The summed E-state index contributed by atoms with van der Waals surface area (Å²) in [6, 6.07) is 17.4. The molecule has 1 atom stereocenters. The topological polar surface area (TPSA) is 70.7 Å². The third-order valence-corrected chi connectivity index (χ3v) is 4.83. The molecule has 0 aliphatic carbocycles. The standard InChI is InChI=1S/C22H27N3O3/c1-17(26)19-7-9-20(10-8-19)23-12-11-21-15-25(14-13-24-21)22(27)28-16-18-5-3-2-4-6-18/h2-10,21,23-24H,11-16H2,1H3/t21-/m1/s1. The number of carbonyl (C=O) groups excluding carboxylic acids is 2. The molecule has 148 valence electrons. The second-order valence-electron chi connectivity index (χ2n) is 6.99. The molecule has 0 aromatic heterocycles. The van der Waals surface area contributed by atoms with Crippen molar-refractivity contribution >= 4 is 17.6 Å². The number of Topliss-reactive ketones (excluding diaryl/α,β-unsaturated/α-hetero) is 1. The van der Waals surface area contributed by atoms with Gasteiger partial charge in [0.2, 0.25) is 0 Å². The third kappa shape index (κ3) is 5.82. The quantitative estimate of drug-likeness (QED) is 0.720. The van der Waals surface area contributed by atoms with Crippen molar-refractivity contribution in [3.05, 3.63) is 65.7 Å². The SMILES string of the molecule is CC(=O)c1ccc(NCC[C@@H]2CN(C(=O)OCc3ccccc3)CCN2)cc1. The van der Waals surface area contributed by atoms with Gasteiger partial charge in [-0.15, -0.1) is 0 Å². The Bertz CT molecular complexity index is 777. The van der Waals surface area contributed by atoms with E-state index in [0.29, 0.717) is 25.3 Å². The maximum absolute atomic E-state index is 12.3. The van der Waals surface area contributed by atoms with Gasteiger partial charge in [-0.2, -0.15) is 0 Å². The minimum Gasteiger partial charge on any atom is -0.445 e. The number of hydrogen-bond donors (Lipinski definition) is 2. The summed E-state index contributed by atoms with van der Waals surface area (Å²) in [6.45, 7) is 4.70. The highest BCUT2D eigenvalue weighted by Gasteiger charge is 2.23. The molecule has 28 heavy (non-hydrogen) atoms. The van der Waals surface area contributed by atoms with Crippen molar-refractivity contribution in [2.45, 2.75) is 26.0 Å². The Morgan fingerprint density at radius 3 is 2.61 bits per heavy atom. The molecule has 0 saturated carbocycles. The van der Waals surface area contributed by atoms with Gasteiger partial charge in [0, 0.05) is 43.5 Å². The van der Waals surface area contributed by atoms with E-state index < -0.39 is 0 Å². The number of benzene rings is 2. The highest BCUT2D eigenvalue weighted by molar-refractivity contribution is 5.94. The van der Waals surface area contributed by atoms with Crippen molar-refractivity contribution in [3.8, 4) is 0 Å². The molecule has 1 heterocycles. The van der Waals surface area contributed by atoms with Gasteiger partial charge in [-0.3, -0.25) is 4.79 Å². The summed E-state index contributed by atoms with van der Waals surface area (Å²) in [7, 11) is 0. The van der Waals surface area contributed by atoms with Crippen molar-refractivity contribution in [1.82, 2.24) is 10.2 Å². The Morgan fingerprint density at radius 2 is 1.89 bits per heavy atom. The van der Waals surface area contributed by atoms with Gasteiger partial charge in [0.15, 0.2) is 5.78 Å². The number of rotatable bonds is 7. The molecule has 1 fully saturated rings. The fourth-order valence-electron chi connectivity index (χ4n) is 3.21. The largest absolute Gasteiger partial charge is 0.445 e. The molecular weight excluding hydrogens is 354 g/mol. The monoisotopic (exact) mass is 381 g/mol. The number of ether oxygens (including phenoxy) is 1. The zero-order valence-corrected chi connectivity index (χ0v) is 16.2. The summed E-state index contributed by atoms with van der Waals surface area (Å²) < 4.78 is 5.44. The molecule has 6 nitrogen and oxygen atoms in total. The highest BCUT2D eigenvalue weighted by atomic mass is 16.6. The maximum atomic E-state index is 12.3. The Balaban J connectivity index is 1.40. The molecule has 1 aliphatic rings. The molecule has 2 aromatic rings. The predicted octanol–water partition coefficient (Wildman–Crippen LogP) is 3.30.